The zero-order chi connectivity index (χ0) is 14.9. The van der Waals surface area contributed by atoms with Crippen molar-refractivity contribution >= 4 is 10.9 Å². The molecule has 5 heteroatoms. The van der Waals surface area contributed by atoms with Crippen LogP contribution in [0, 0.1) is 0 Å². The first-order valence-electron chi connectivity index (χ1n) is 7.13. The second-order valence-corrected chi connectivity index (χ2v) is 4.65. The molecule has 5 nitrogen and oxygen atoms in total. The van der Waals surface area contributed by atoms with Crippen molar-refractivity contribution < 1.29 is 14.2 Å². The number of nitrogens with zero attached hydrogens (tertiary/aromatic N) is 1. The Labute approximate surface area is 125 Å². The first kappa shape index (κ1) is 15.7. The first-order valence-corrected chi connectivity index (χ1v) is 7.13. The third-order valence-corrected chi connectivity index (χ3v) is 3.11. The van der Waals surface area contributed by atoms with Crippen LogP contribution in [0.1, 0.15) is 12.0 Å². The van der Waals surface area contributed by atoms with Gasteiger partial charge >= 0.3 is 0 Å². The van der Waals surface area contributed by atoms with Gasteiger partial charge in [-0.1, -0.05) is 18.2 Å². The van der Waals surface area contributed by atoms with E-state index in [4.69, 9.17) is 19.9 Å². The fourth-order valence-corrected chi connectivity index (χ4v) is 2.08. The van der Waals surface area contributed by atoms with Gasteiger partial charge in [-0.25, -0.2) is 4.98 Å². The van der Waals surface area contributed by atoms with E-state index in [9.17, 15) is 0 Å². The van der Waals surface area contributed by atoms with Gasteiger partial charge in [0.2, 0.25) is 5.88 Å². The summed E-state index contributed by atoms with van der Waals surface area (Å²) in [5.41, 5.74) is 7.73. The summed E-state index contributed by atoms with van der Waals surface area (Å²) in [6.45, 7) is 2.87. The standard InChI is InChI=1S/C16H22N2O3/c1-19-7-4-8-20-9-10-21-16-11-13(12-17)14-5-2-3-6-15(14)18-16/h2-3,5-6,11H,4,7-10,12,17H2,1H3. The molecular weight excluding hydrogens is 268 g/mol. The zero-order valence-electron chi connectivity index (χ0n) is 12.4. The lowest BCUT2D eigenvalue weighted by atomic mass is 10.1. The van der Waals surface area contributed by atoms with Gasteiger partial charge in [0.25, 0.3) is 0 Å². The number of methoxy groups -OCH3 is 1. The lowest BCUT2D eigenvalue weighted by Crippen LogP contribution is -2.10. The van der Waals surface area contributed by atoms with Crippen molar-refractivity contribution in [1.29, 1.82) is 0 Å². The van der Waals surface area contributed by atoms with Crippen molar-refractivity contribution in [3.63, 3.8) is 0 Å². The maximum atomic E-state index is 5.79. The largest absolute Gasteiger partial charge is 0.475 e. The maximum Gasteiger partial charge on any atom is 0.214 e. The quantitative estimate of drug-likeness (QED) is 0.717. The molecule has 1 aromatic heterocycles. The van der Waals surface area contributed by atoms with Crippen molar-refractivity contribution in [3.8, 4) is 5.88 Å². The normalized spacial score (nSPS) is 11.0. The highest BCUT2D eigenvalue weighted by molar-refractivity contribution is 5.82. The zero-order valence-corrected chi connectivity index (χ0v) is 12.4. The minimum Gasteiger partial charge on any atom is -0.475 e. The van der Waals surface area contributed by atoms with Gasteiger partial charge in [0, 0.05) is 38.3 Å². The molecule has 0 fully saturated rings. The van der Waals surface area contributed by atoms with Crippen LogP contribution >= 0.6 is 0 Å². The van der Waals surface area contributed by atoms with E-state index in [1.54, 1.807) is 7.11 Å². The van der Waals surface area contributed by atoms with Crippen molar-refractivity contribution in [2.45, 2.75) is 13.0 Å². The van der Waals surface area contributed by atoms with Gasteiger partial charge in [-0.2, -0.15) is 0 Å². The molecule has 0 atom stereocenters. The number of hydrogen-bond donors (Lipinski definition) is 1. The van der Waals surface area contributed by atoms with Gasteiger partial charge in [-0.05, 0) is 18.1 Å². The number of fused-ring (bicyclic) bond motifs is 1. The fraction of sp³-hybridized carbons (Fsp3) is 0.438. The molecule has 1 aromatic carbocycles. The highest BCUT2D eigenvalue weighted by atomic mass is 16.5. The Balaban J connectivity index is 1.87. The van der Waals surface area contributed by atoms with E-state index in [0.717, 1.165) is 22.9 Å². The van der Waals surface area contributed by atoms with Gasteiger partial charge < -0.3 is 19.9 Å². The molecule has 0 spiro atoms. The number of para-hydroxylation sites is 1. The second kappa shape index (κ2) is 8.56. The van der Waals surface area contributed by atoms with Crippen molar-refractivity contribution in [3.05, 3.63) is 35.9 Å². The van der Waals surface area contributed by atoms with E-state index in [-0.39, 0.29) is 0 Å². The molecule has 0 aliphatic heterocycles. The Hall–Kier alpha value is -1.69. The molecule has 0 radical (unpaired) electrons. The van der Waals surface area contributed by atoms with E-state index in [1.807, 2.05) is 30.3 Å². The van der Waals surface area contributed by atoms with Crippen LogP contribution in [0.2, 0.25) is 0 Å². The van der Waals surface area contributed by atoms with E-state index in [2.05, 4.69) is 4.98 Å². The molecule has 114 valence electrons. The van der Waals surface area contributed by atoms with Crippen molar-refractivity contribution in [2.75, 3.05) is 33.5 Å². The average Bonchev–Trinajstić information content (AvgIpc) is 2.53. The molecule has 2 N–H and O–H groups in total. The number of nitrogens with two attached hydrogens (primary N) is 1. The van der Waals surface area contributed by atoms with Crippen LogP contribution in [0.4, 0.5) is 0 Å². The number of benzene rings is 1. The molecule has 2 rings (SSSR count). The third-order valence-electron chi connectivity index (χ3n) is 3.11. The first-order chi connectivity index (χ1) is 10.3. The molecule has 0 saturated heterocycles. The molecular formula is C16H22N2O3. The van der Waals surface area contributed by atoms with Crippen LogP contribution in [0.15, 0.2) is 30.3 Å². The van der Waals surface area contributed by atoms with Gasteiger partial charge in [-0.15, -0.1) is 0 Å². The summed E-state index contributed by atoms with van der Waals surface area (Å²) in [7, 11) is 1.68. The number of rotatable bonds is 9. The van der Waals surface area contributed by atoms with Crippen LogP contribution in [0.3, 0.4) is 0 Å². The molecule has 1 heterocycles. The smallest absolute Gasteiger partial charge is 0.214 e. The summed E-state index contributed by atoms with van der Waals surface area (Å²) in [6.07, 6.45) is 0.891. The number of pyridine rings is 1. The molecule has 0 amide bonds. The molecule has 0 aliphatic carbocycles. The minimum atomic E-state index is 0.465. The van der Waals surface area contributed by atoms with Crippen molar-refractivity contribution in [1.82, 2.24) is 4.98 Å². The summed E-state index contributed by atoms with van der Waals surface area (Å²) in [5, 5.41) is 1.07. The molecule has 0 bridgehead atoms. The Morgan fingerprint density at radius 1 is 1.10 bits per heavy atom. The van der Waals surface area contributed by atoms with Gasteiger partial charge in [-0.3, -0.25) is 0 Å². The maximum absolute atomic E-state index is 5.79. The number of aromatic nitrogens is 1. The fourth-order valence-electron chi connectivity index (χ4n) is 2.08. The van der Waals surface area contributed by atoms with E-state index >= 15 is 0 Å². The van der Waals surface area contributed by atoms with Crippen LogP contribution in [-0.4, -0.2) is 38.5 Å². The van der Waals surface area contributed by atoms with E-state index in [0.29, 0.717) is 38.9 Å². The lowest BCUT2D eigenvalue weighted by Gasteiger charge is -2.10. The molecule has 0 unspecified atom stereocenters. The van der Waals surface area contributed by atoms with Gasteiger partial charge in [0.1, 0.15) is 6.61 Å². The second-order valence-electron chi connectivity index (χ2n) is 4.65. The summed E-state index contributed by atoms with van der Waals surface area (Å²) in [6, 6.07) is 9.82. The van der Waals surface area contributed by atoms with Crippen molar-refractivity contribution in [2.24, 2.45) is 5.73 Å². The average molecular weight is 290 g/mol. The molecule has 21 heavy (non-hydrogen) atoms. The minimum absolute atomic E-state index is 0.465. The predicted molar refractivity (Wildman–Crippen MR) is 82.4 cm³/mol. The molecule has 0 saturated carbocycles. The summed E-state index contributed by atoms with van der Waals surface area (Å²) in [5.74, 6) is 0.592. The Morgan fingerprint density at radius 2 is 1.95 bits per heavy atom. The van der Waals surface area contributed by atoms with Crippen LogP contribution < -0.4 is 10.5 Å². The monoisotopic (exact) mass is 290 g/mol. The number of hydrogen-bond acceptors (Lipinski definition) is 5. The Morgan fingerprint density at radius 3 is 2.76 bits per heavy atom. The predicted octanol–water partition coefficient (Wildman–Crippen LogP) is 2.13. The summed E-state index contributed by atoms with van der Waals surface area (Å²) >= 11 is 0. The Bertz CT molecular complexity index is 560. The lowest BCUT2D eigenvalue weighted by molar-refractivity contribution is 0.0796. The highest BCUT2D eigenvalue weighted by Crippen LogP contribution is 2.21. The topological polar surface area (TPSA) is 66.6 Å². The number of ether oxygens (including phenoxy) is 3. The van der Waals surface area contributed by atoms with Gasteiger partial charge in [0.15, 0.2) is 0 Å². The van der Waals surface area contributed by atoms with Crippen LogP contribution in [0.25, 0.3) is 10.9 Å². The van der Waals surface area contributed by atoms with Crippen LogP contribution in [0.5, 0.6) is 5.88 Å². The van der Waals surface area contributed by atoms with E-state index < -0.39 is 0 Å². The molecule has 0 aliphatic rings. The van der Waals surface area contributed by atoms with Crippen LogP contribution in [-0.2, 0) is 16.0 Å². The SMILES string of the molecule is COCCCOCCOc1cc(CN)c2ccccc2n1. The summed E-state index contributed by atoms with van der Waals surface area (Å²) < 4.78 is 16.0. The highest BCUT2D eigenvalue weighted by Gasteiger charge is 2.05. The third kappa shape index (κ3) is 4.67. The molecule has 2 aromatic rings. The van der Waals surface area contributed by atoms with Gasteiger partial charge in [0.05, 0.1) is 12.1 Å². The summed E-state index contributed by atoms with van der Waals surface area (Å²) in [4.78, 5) is 4.48. The Kier molecular flexibility index (Phi) is 6.40. The van der Waals surface area contributed by atoms with E-state index in [1.165, 1.54) is 0 Å².